The predicted molar refractivity (Wildman–Crippen MR) is 84.8 cm³/mol. The molecule has 2 heterocycles. The third-order valence-electron chi connectivity index (χ3n) is 3.95. The Balaban J connectivity index is 1.82. The van der Waals surface area contributed by atoms with Crippen LogP contribution in [-0.4, -0.2) is 22.7 Å². The molecule has 104 valence electrons. The highest BCUT2D eigenvalue weighted by Gasteiger charge is 2.27. The van der Waals surface area contributed by atoms with Crippen LogP contribution in [0.2, 0.25) is 0 Å². The van der Waals surface area contributed by atoms with Crippen LogP contribution in [0.25, 0.3) is 0 Å². The number of hydrogen-bond donors (Lipinski definition) is 0. The minimum absolute atomic E-state index is 0.520. The van der Waals surface area contributed by atoms with Crippen molar-refractivity contribution in [1.82, 2.24) is 9.88 Å². The molecule has 1 aliphatic heterocycles. The fourth-order valence-corrected chi connectivity index (χ4v) is 3.62. The lowest BCUT2D eigenvalue weighted by Gasteiger charge is -2.25. The molecule has 3 rings (SSSR count). The summed E-state index contributed by atoms with van der Waals surface area (Å²) in [7, 11) is 0. The van der Waals surface area contributed by atoms with Crippen molar-refractivity contribution < 1.29 is 0 Å². The zero-order chi connectivity index (χ0) is 13.8. The number of aromatic nitrogens is 1. The molecule has 1 fully saturated rings. The van der Waals surface area contributed by atoms with Crippen LogP contribution in [0.3, 0.4) is 0 Å². The van der Waals surface area contributed by atoms with Crippen LogP contribution in [0, 0.1) is 0 Å². The first-order chi connectivity index (χ1) is 9.88. The number of pyridine rings is 1. The van der Waals surface area contributed by atoms with Gasteiger partial charge in [-0.05, 0) is 37.3 Å². The monoisotopic (exact) mass is 284 g/mol. The summed E-state index contributed by atoms with van der Waals surface area (Å²) in [6.07, 6.45) is 6.53. The minimum atomic E-state index is 0.520. The lowest BCUT2D eigenvalue weighted by atomic mass is 10.1. The van der Waals surface area contributed by atoms with E-state index < -0.39 is 0 Å². The van der Waals surface area contributed by atoms with Crippen molar-refractivity contribution in [2.24, 2.45) is 0 Å². The van der Waals surface area contributed by atoms with E-state index >= 15 is 0 Å². The first-order valence-corrected chi connectivity index (χ1v) is 8.38. The molecule has 0 amide bonds. The first kappa shape index (κ1) is 13.7. The van der Waals surface area contributed by atoms with Gasteiger partial charge in [0.25, 0.3) is 0 Å². The lowest BCUT2D eigenvalue weighted by molar-refractivity contribution is 0.245. The third kappa shape index (κ3) is 2.89. The molecular weight excluding hydrogens is 264 g/mol. The largest absolute Gasteiger partial charge is 0.292 e. The van der Waals surface area contributed by atoms with Gasteiger partial charge in [0.15, 0.2) is 0 Å². The van der Waals surface area contributed by atoms with Gasteiger partial charge in [0, 0.05) is 24.3 Å². The van der Waals surface area contributed by atoms with Crippen LogP contribution in [-0.2, 0) is 6.54 Å². The molecule has 0 spiro atoms. The van der Waals surface area contributed by atoms with Crippen molar-refractivity contribution in [2.75, 3.05) is 12.8 Å². The Hall–Kier alpha value is -1.32. The van der Waals surface area contributed by atoms with Gasteiger partial charge < -0.3 is 0 Å². The Labute approximate surface area is 125 Å². The van der Waals surface area contributed by atoms with Crippen molar-refractivity contribution in [3.05, 3.63) is 59.8 Å². The van der Waals surface area contributed by atoms with E-state index in [1.54, 1.807) is 11.8 Å². The number of hydrogen-bond acceptors (Lipinski definition) is 3. The van der Waals surface area contributed by atoms with Crippen molar-refractivity contribution in [1.29, 1.82) is 0 Å². The molecule has 1 aliphatic rings. The van der Waals surface area contributed by atoms with E-state index in [1.165, 1.54) is 35.5 Å². The van der Waals surface area contributed by atoms with E-state index in [0.717, 1.165) is 6.54 Å². The Morgan fingerprint density at radius 2 is 2.05 bits per heavy atom. The van der Waals surface area contributed by atoms with Crippen LogP contribution < -0.4 is 0 Å². The molecule has 0 radical (unpaired) electrons. The van der Waals surface area contributed by atoms with Gasteiger partial charge in [0.1, 0.15) is 5.03 Å². The van der Waals surface area contributed by atoms with Crippen LogP contribution >= 0.6 is 11.8 Å². The van der Waals surface area contributed by atoms with E-state index in [9.17, 15) is 0 Å². The molecule has 1 atom stereocenters. The highest BCUT2D eigenvalue weighted by atomic mass is 32.2. The molecule has 0 N–H and O–H groups in total. The maximum Gasteiger partial charge on any atom is 0.100 e. The Morgan fingerprint density at radius 1 is 1.20 bits per heavy atom. The maximum atomic E-state index is 4.52. The normalized spacial score (nSPS) is 19.4. The molecule has 1 aromatic heterocycles. The second-order valence-corrected chi connectivity index (χ2v) is 6.01. The standard InChI is InChI=1S/C17H20N2S/c1-20-17-15(9-5-11-18-17)16-10-6-12-19(16)13-14-7-3-2-4-8-14/h2-5,7-9,11,16H,6,10,12-13H2,1H3. The smallest absolute Gasteiger partial charge is 0.100 e. The molecule has 20 heavy (non-hydrogen) atoms. The summed E-state index contributed by atoms with van der Waals surface area (Å²) in [5, 5.41) is 1.18. The number of thioether (sulfide) groups is 1. The quantitative estimate of drug-likeness (QED) is 0.785. The molecule has 2 nitrogen and oxygen atoms in total. The fraction of sp³-hybridized carbons (Fsp3) is 0.353. The number of nitrogens with zero attached hydrogens (tertiary/aromatic N) is 2. The number of likely N-dealkylation sites (tertiary alicyclic amines) is 1. The minimum Gasteiger partial charge on any atom is -0.292 e. The van der Waals surface area contributed by atoms with Gasteiger partial charge in [-0.15, -0.1) is 11.8 Å². The molecule has 0 aliphatic carbocycles. The zero-order valence-electron chi connectivity index (χ0n) is 11.8. The summed E-state index contributed by atoms with van der Waals surface area (Å²) >= 11 is 1.75. The molecule has 3 heteroatoms. The first-order valence-electron chi connectivity index (χ1n) is 7.15. The molecular formula is C17H20N2S. The van der Waals surface area contributed by atoms with Gasteiger partial charge >= 0.3 is 0 Å². The van der Waals surface area contributed by atoms with Crippen LogP contribution in [0.5, 0.6) is 0 Å². The summed E-state index contributed by atoms with van der Waals surface area (Å²) < 4.78 is 0. The summed E-state index contributed by atoms with van der Waals surface area (Å²) in [6, 6.07) is 15.6. The summed E-state index contributed by atoms with van der Waals surface area (Å²) in [6.45, 7) is 2.22. The average Bonchev–Trinajstić information content (AvgIpc) is 2.96. The van der Waals surface area contributed by atoms with Crippen molar-refractivity contribution in [2.45, 2.75) is 30.5 Å². The van der Waals surface area contributed by atoms with Gasteiger partial charge in [0.2, 0.25) is 0 Å². The van der Waals surface area contributed by atoms with Crippen LogP contribution in [0.4, 0.5) is 0 Å². The summed E-state index contributed by atoms with van der Waals surface area (Å²) in [5.41, 5.74) is 2.79. The summed E-state index contributed by atoms with van der Waals surface area (Å²) in [4.78, 5) is 7.11. The van der Waals surface area contributed by atoms with E-state index in [1.807, 2.05) is 6.20 Å². The third-order valence-corrected chi connectivity index (χ3v) is 4.67. The van der Waals surface area contributed by atoms with E-state index in [2.05, 4.69) is 58.6 Å². The van der Waals surface area contributed by atoms with E-state index in [-0.39, 0.29) is 0 Å². The van der Waals surface area contributed by atoms with Gasteiger partial charge in [-0.1, -0.05) is 36.4 Å². The Bertz CT molecular complexity index is 556. The molecule has 0 bridgehead atoms. The number of benzene rings is 1. The SMILES string of the molecule is CSc1ncccc1C1CCCN1Cc1ccccc1. The van der Waals surface area contributed by atoms with E-state index in [0.29, 0.717) is 6.04 Å². The molecule has 1 saturated heterocycles. The topological polar surface area (TPSA) is 16.1 Å². The van der Waals surface area contributed by atoms with Crippen LogP contribution in [0.15, 0.2) is 53.7 Å². The lowest BCUT2D eigenvalue weighted by Crippen LogP contribution is -2.23. The maximum absolute atomic E-state index is 4.52. The second-order valence-electron chi connectivity index (χ2n) is 5.22. The Kier molecular flexibility index (Phi) is 4.38. The van der Waals surface area contributed by atoms with Crippen LogP contribution in [0.1, 0.15) is 30.0 Å². The van der Waals surface area contributed by atoms with E-state index in [4.69, 9.17) is 0 Å². The average molecular weight is 284 g/mol. The predicted octanol–water partition coefficient (Wildman–Crippen LogP) is 4.14. The molecule has 1 unspecified atom stereocenters. The van der Waals surface area contributed by atoms with Crippen molar-refractivity contribution in [3.8, 4) is 0 Å². The Morgan fingerprint density at radius 3 is 2.85 bits per heavy atom. The van der Waals surface area contributed by atoms with Crippen molar-refractivity contribution in [3.63, 3.8) is 0 Å². The molecule has 1 aromatic carbocycles. The van der Waals surface area contributed by atoms with Gasteiger partial charge in [-0.2, -0.15) is 0 Å². The fourth-order valence-electron chi connectivity index (χ4n) is 3.01. The highest BCUT2D eigenvalue weighted by molar-refractivity contribution is 7.98. The number of rotatable bonds is 4. The second kappa shape index (κ2) is 6.42. The molecule has 0 saturated carbocycles. The zero-order valence-corrected chi connectivity index (χ0v) is 12.6. The van der Waals surface area contributed by atoms with Crippen molar-refractivity contribution >= 4 is 11.8 Å². The molecule has 2 aromatic rings. The van der Waals surface area contributed by atoms with Gasteiger partial charge in [-0.25, -0.2) is 4.98 Å². The highest BCUT2D eigenvalue weighted by Crippen LogP contribution is 2.36. The van der Waals surface area contributed by atoms with Gasteiger partial charge in [0.05, 0.1) is 0 Å². The summed E-state index contributed by atoms with van der Waals surface area (Å²) in [5.74, 6) is 0. The van der Waals surface area contributed by atoms with Gasteiger partial charge in [-0.3, -0.25) is 4.90 Å².